The minimum absolute atomic E-state index is 0.00248. The van der Waals surface area contributed by atoms with Crippen molar-refractivity contribution in [1.82, 2.24) is 4.90 Å². The van der Waals surface area contributed by atoms with Gasteiger partial charge in [-0.1, -0.05) is 13.8 Å². The second-order valence-corrected chi connectivity index (χ2v) is 4.88. The van der Waals surface area contributed by atoms with Crippen LogP contribution in [0, 0.1) is 5.82 Å². The van der Waals surface area contributed by atoms with Gasteiger partial charge >= 0.3 is 5.97 Å². The largest absolute Gasteiger partial charge is 0.465 e. The second kappa shape index (κ2) is 8.36. The molecule has 1 heterocycles. The molecule has 23 heavy (non-hydrogen) atoms. The summed E-state index contributed by atoms with van der Waals surface area (Å²) in [4.78, 5) is 26.4. The fraction of sp³-hybridized carbons (Fsp3) is 0.500. The number of nitrogens with two attached hydrogens (primary N) is 1. The van der Waals surface area contributed by atoms with Crippen molar-refractivity contribution < 1.29 is 18.7 Å². The van der Waals surface area contributed by atoms with E-state index in [1.807, 2.05) is 13.8 Å². The number of piperazine rings is 1. The highest BCUT2D eigenvalue weighted by atomic mass is 19.1. The lowest BCUT2D eigenvalue weighted by Gasteiger charge is -2.36. The summed E-state index contributed by atoms with van der Waals surface area (Å²) in [5.74, 6) is -1.09. The number of ether oxygens (including phenoxy) is 1. The molecule has 1 aromatic carbocycles. The molecule has 2 N–H and O–H groups in total. The molecule has 0 radical (unpaired) electrons. The monoisotopic (exact) mass is 325 g/mol. The molecule has 0 unspecified atom stereocenters. The zero-order valence-corrected chi connectivity index (χ0v) is 14.1. The Balaban J connectivity index is 0.00000127. The van der Waals surface area contributed by atoms with Crippen LogP contribution in [0.1, 0.15) is 31.1 Å². The molecule has 1 aliphatic heterocycles. The van der Waals surface area contributed by atoms with Gasteiger partial charge in [0.2, 0.25) is 5.91 Å². The summed E-state index contributed by atoms with van der Waals surface area (Å²) in [6, 6.07) is 2.53. The lowest BCUT2D eigenvalue weighted by Crippen LogP contribution is -2.48. The predicted octanol–water partition coefficient (Wildman–Crippen LogP) is 1.89. The number of rotatable bonds is 2. The SMILES string of the molecule is CC.COC(=O)c1cc(N2CCN(C(C)=O)CC2)c(F)cc1N. The van der Waals surface area contributed by atoms with E-state index in [2.05, 4.69) is 4.74 Å². The zero-order valence-electron chi connectivity index (χ0n) is 14.1. The van der Waals surface area contributed by atoms with E-state index in [4.69, 9.17) is 5.73 Å². The lowest BCUT2D eigenvalue weighted by atomic mass is 10.1. The predicted molar refractivity (Wildman–Crippen MR) is 88.0 cm³/mol. The van der Waals surface area contributed by atoms with E-state index in [1.165, 1.54) is 20.1 Å². The Morgan fingerprint density at radius 1 is 1.17 bits per heavy atom. The number of benzene rings is 1. The average molecular weight is 325 g/mol. The number of hydrogen-bond donors (Lipinski definition) is 1. The van der Waals surface area contributed by atoms with E-state index in [0.29, 0.717) is 31.9 Å². The number of carbonyl (C=O) groups is 2. The summed E-state index contributed by atoms with van der Waals surface area (Å²) in [5.41, 5.74) is 6.13. The first kappa shape index (κ1) is 18.7. The molecule has 1 aromatic rings. The van der Waals surface area contributed by atoms with Gasteiger partial charge in [-0.25, -0.2) is 9.18 Å². The molecule has 128 valence electrons. The van der Waals surface area contributed by atoms with Crippen LogP contribution in [0.3, 0.4) is 0 Å². The zero-order chi connectivity index (χ0) is 17.6. The van der Waals surface area contributed by atoms with Crippen LogP contribution < -0.4 is 10.6 Å². The van der Waals surface area contributed by atoms with E-state index < -0.39 is 11.8 Å². The van der Waals surface area contributed by atoms with Gasteiger partial charge in [0, 0.05) is 38.8 Å². The van der Waals surface area contributed by atoms with Crippen molar-refractivity contribution in [2.75, 3.05) is 43.9 Å². The Hall–Kier alpha value is -2.31. The minimum Gasteiger partial charge on any atom is -0.465 e. The standard InChI is InChI=1S/C14H18FN3O3.C2H6/c1-9(19)17-3-5-18(6-4-17)13-7-10(14(20)21-2)12(16)8-11(13)15;1-2/h7-8H,3-6,16H2,1-2H3;1-2H3. The van der Waals surface area contributed by atoms with Crippen LogP contribution in [0.5, 0.6) is 0 Å². The molecule has 0 aromatic heterocycles. The van der Waals surface area contributed by atoms with Crippen LogP contribution >= 0.6 is 0 Å². The van der Waals surface area contributed by atoms with E-state index in [-0.39, 0.29) is 17.2 Å². The molecule has 0 aliphatic carbocycles. The topological polar surface area (TPSA) is 75.9 Å². The van der Waals surface area contributed by atoms with Crippen LogP contribution in [-0.2, 0) is 9.53 Å². The van der Waals surface area contributed by atoms with E-state index >= 15 is 0 Å². The van der Waals surface area contributed by atoms with Crippen molar-refractivity contribution in [3.63, 3.8) is 0 Å². The van der Waals surface area contributed by atoms with Gasteiger partial charge in [-0.15, -0.1) is 0 Å². The highest BCUT2D eigenvalue weighted by Gasteiger charge is 2.23. The van der Waals surface area contributed by atoms with Gasteiger partial charge in [-0.05, 0) is 12.1 Å². The fourth-order valence-corrected chi connectivity index (χ4v) is 2.37. The average Bonchev–Trinajstić information content (AvgIpc) is 2.56. The third-order valence-electron chi connectivity index (χ3n) is 3.59. The van der Waals surface area contributed by atoms with Crippen LogP contribution in [0.2, 0.25) is 0 Å². The highest BCUT2D eigenvalue weighted by molar-refractivity contribution is 5.96. The Morgan fingerprint density at radius 2 is 1.74 bits per heavy atom. The molecule has 0 saturated carbocycles. The molecule has 0 bridgehead atoms. The molecular weight excluding hydrogens is 301 g/mol. The smallest absolute Gasteiger partial charge is 0.340 e. The summed E-state index contributed by atoms with van der Waals surface area (Å²) < 4.78 is 18.7. The number of hydrogen-bond acceptors (Lipinski definition) is 5. The molecule has 1 aliphatic rings. The number of nitrogens with zero attached hydrogens (tertiary/aromatic N) is 2. The van der Waals surface area contributed by atoms with Crippen molar-refractivity contribution in [3.8, 4) is 0 Å². The first-order valence-corrected chi connectivity index (χ1v) is 7.62. The molecule has 7 heteroatoms. The number of anilines is 2. The molecule has 1 fully saturated rings. The molecule has 1 saturated heterocycles. The van der Waals surface area contributed by atoms with Crippen molar-refractivity contribution in [3.05, 3.63) is 23.5 Å². The summed E-state index contributed by atoms with van der Waals surface area (Å²) in [5, 5.41) is 0. The molecular formula is C16H24FN3O3. The van der Waals surface area contributed by atoms with Gasteiger partial charge in [0.15, 0.2) is 0 Å². The minimum atomic E-state index is -0.601. The summed E-state index contributed by atoms with van der Waals surface area (Å²) in [7, 11) is 1.25. The van der Waals surface area contributed by atoms with Crippen molar-refractivity contribution >= 4 is 23.3 Å². The molecule has 1 amide bonds. The van der Waals surface area contributed by atoms with Crippen molar-refractivity contribution in [2.24, 2.45) is 0 Å². The van der Waals surface area contributed by atoms with Gasteiger partial charge in [0.1, 0.15) is 5.82 Å². The molecule has 0 atom stereocenters. The maximum atomic E-state index is 14.1. The fourth-order valence-electron chi connectivity index (χ4n) is 2.37. The first-order chi connectivity index (χ1) is 10.9. The number of amides is 1. The van der Waals surface area contributed by atoms with Crippen molar-refractivity contribution in [2.45, 2.75) is 20.8 Å². The third kappa shape index (κ3) is 4.34. The van der Waals surface area contributed by atoms with E-state index in [0.717, 1.165) is 6.07 Å². The van der Waals surface area contributed by atoms with Crippen LogP contribution in [0.25, 0.3) is 0 Å². The van der Waals surface area contributed by atoms with Gasteiger partial charge < -0.3 is 20.3 Å². The van der Waals surface area contributed by atoms with Crippen LogP contribution in [0.4, 0.5) is 15.8 Å². The third-order valence-corrected chi connectivity index (χ3v) is 3.59. The number of nitrogen functional groups attached to an aromatic ring is 1. The number of esters is 1. The Kier molecular flexibility index (Phi) is 6.81. The van der Waals surface area contributed by atoms with Gasteiger partial charge in [-0.2, -0.15) is 0 Å². The Morgan fingerprint density at radius 3 is 2.22 bits per heavy atom. The number of methoxy groups -OCH3 is 1. The molecule has 2 rings (SSSR count). The number of halogens is 1. The van der Waals surface area contributed by atoms with Gasteiger partial charge in [-0.3, -0.25) is 4.79 Å². The van der Waals surface area contributed by atoms with Gasteiger partial charge in [0.05, 0.1) is 18.4 Å². The summed E-state index contributed by atoms with van der Waals surface area (Å²) in [6.45, 7) is 7.55. The normalized spacial score (nSPS) is 14.0. The number of carbonyl (C=O) groups excluding carboxylic acids is 2. The molecule has 6 nitrogen and oxygen atoms in total. The summed E-state index contributed by atoms with van der Waals surface area (Å²) >= 11 is 0. The Labute approximate surface area is 136 Å². The maximum Gasteiger partial charge on any atom is 0.340 e. The van der Waals surface area contributed by atoms with E-state index in [9.17, 15) is 14.0 Å². The maximum absolute atomic E-state index is 14.1. The summed E-state index contributed by atoms with van der Waals surface area (Å²) in [6.07, 6.45) is 0. The second-order valence-electron chi connectivity index (χ2n) is 4.88. The van der Waals surface area contributed by atoms with Gasteiger partial charge in [0.25, 0.3) is 0 Å². The highest BCUT2D eigenvalue weighted by Crippen LogP contribution is 2.27. The quantitative estimate of drug-likeness (QED) is 0.664. The lowest BCUT2D eigenvalue weighted by molar-refractivity contribution is -0.129. The molecule has 0 spiro atoms. The van der Waals surface area contributed by atoms with E-state index in [1.54, 1.807) is 9.80 Å². The first-order valence-electron chi connectivity index (χ1n) is 7.62. The van der Waals surface area contributed by atoms with Crippen molar-refractivity contribution in [1.29, 1.82) is 0 Å². The Bertz CT molecular complexity index is 570. The van der Waals surface area contributed by atoms with Crippen LogP contribution in [-0.4, -0.2) is 50.1 Å². The van der Waals surface area contributed by atoms with Crippen LogP contribution in [0.15, 0.2) is 12.1 Å².